The van der Waals surface area contributed by atoms with Crippen LogP contribution in [0, 0.1) is 0 Å². The van der Waals surface area contributed by atoms with Gasteiger partial charge in [0.15, 0.2) is 0 Å². The van der Waals surface area contributed by atoms with Crippen LogP contribution in [0.2, 0.25) is 0 Å². The summed E-state index contributed by atoms with van der Waals surface area (Å²) in [5, 5.41) is 0. The van der Waals surface area contributed by atoms with Crippen LogP contribution in [0.25, 0.3) is 0 Å². The summed E-state index contributed by atoms with van der Waals surface area (Å²) in [5.74, 6) is -0.569. The Kier molecular flexibility index (Phi) is 11.9. The molecule has 12 heteroatoms. The third-order valence-electron chi connectivity index (χ3n) is 8.39. The molecule has 0 radical (unpaired) electrons. The molecular weight excluding hydrogens is 692 g/mol. The molecule has 1 N–H and O–H groups in total. The maximum Gasteiger partial charge on any atom is 0.509 e. The maximum atomic E-state index is 13.1. The Morgan fingerprint density at radius 3 is 1.79 bits per heavy atom. The molecule has 274 valence electrons. The first-order valence-corrected chi connectivity index (χ1v) is 18.5. The van der Waals surface area contributed by atoms with Crippen LogP contribution in [0.1, 0.15) is 67.1 Å². The number of nitrogens with zero attached hydrogens (tertiary/aromatic N) is 2. The van der Waals surface area contributed by atoms with Crippen molar-refractivity contribution in [2.75, 3.05) is 5.75 Å². The van der Waals surface area contributed by atoms with Gasteiger partial charge >= 0.3 is 12.3 Å². The summed E-state index contributed by atoms with van der Waals surface area (Å²) in [7, 11) is -4.03. The van der Waals surface area contributed by atoms with Gasteiger partial charge in [-0.15, -0.1) is 0 Å². The molecule has 1 aromatic heterocycles. The summed E-state index contributed by atoms with van der Waals surface area (Å²) >= 11 is 0. The molecule has 0 amide bonds. The highest BCUT2D eigenvalue weighted by molar-refractivity contribution is 7.89. The standard InChI is InChI=1S/C40H42F3N3O5S/c1-38(2,3)51-37(47)50-36(28-52(48,49)45-26-30-22-24-34(25-23-30)40(41,42)43)21-13-20-35-27-46(29-44-35)39(31-14-7-4-8-15-31,32-16-9-5-10-17-32)33-18-11-6-12-19-33/h4-12,14-19,22-25,27,29,36,45H,13,20-21,26,28H2,1-3H3. The summed E-state index contributed by atoms with van der Waals surface area (Å²) < 4.78 is 80.4. The van der Waals surface area contributed by atoms with Crippen molar-refractivity contribution in [3.8, 4) is 0 Å². The summed E-state index contributed by atoms with van der Waals surface area (Å²) in [6, 6.07) is 34.7. The molecule has 5 rings (SSSR count). The highest BCUT2D eigenvalue weighted by atomic mass is 32.2. The summed E-state index contributed by atoms with van der Waals surface area (Å²) in [6.07, 6.45) is -1.74. The van der Waals surface area contributed by atoms with Crippen LogP contribution in [0.4, 0.5) is 18.0 Å². The highest BCUT2D eigenvalue weighted by Crippen LogP contribution is 2.41. The van der Waals surface area contributed by atoms with Gasteiger partial charge in [0, 0.05) is 12.7 Å². The first-order chi connectivity index (χ1) is 24.7. The molecule has 0 aliphatic heterocycles. The van der Waals surface area contributed by atoms with Crippen molar-refractivity contribution in [3.05, 3.63) is 161 Å². The minimum Gasteiger partial charge on any atom is -0.430 e. The smallest absolute Gasteiger partial charge is 0.430 e. The molecule has 8 nitrogen and oxygen atoms in total. The molecule has 1 heterocycles. The first kappa shape index (κ1) is 38.3. The van der Waals surface area contributed by atoms with E-state index in [1.54, 1.807) is 27.1 Å². The average molecular weight is 734 g/mol. The zero-order chi connectivity index (χ0) is 37.4. The van der Waals surface area contributed by atoms with Crippen LogP contribution in [-0.4, -0.2) is 41.6 Å². The molecule has 1 unspecified atom stereocenters. The van der Waals surface area contributed by atoms with Gasteiger partial charge in [-0.25, -0.2) is 22.9 Å². The van der Waals surface area contributed by atoms with Crippen molar-refractivity contribution in [1.29, 1.82) is 0 Å². The van der Waals surface area contributed by atoms with E-state index in [1.807, 2.05) is 60.8 Å². The minimum absolute atomic E-state index is 0.175. The maximum absolute atomic E-state index is 13.1. The van der Waals surface area contributed by atoms with Crippen LogP contribution >= 0.6 is 0 Å². The Morgan fingerprint density at radius 1 is 0.788 bits per heavy atom. The third-order valence-corrected chi connectivity index (χ3v) is 9.79. The van der Waals surface area contributed by atoms with E-state index < -0.39 is 50.9 Å². The number of imidazole rings is 1. The number of hydrogen-bond acceptors (Lipinski definition) is 6. The molecule has 1 atom stereocenters. The number of carbonyl (C=O) groups excluding carboxylic acids is 1. The van der Waals surface area contributed by atoms with E-state index in [4.69, 9.17) is 14.5 Å². The van der Waals surface area contributed by atoms with Crippen molar-refractivity contribution in [2.24, 2.45) is 0 Å². The fraction of sp³-hybridized carbons (Fsp3) is 0.300. The summed E-state index contributed by atoms with van der Waals surface area (Å²) in [4.78, 5) is 17.4. The fourth-order valence-corrected chi connectivity index (χ4v) is 7.30. The van der Waals surface area contributed by atoms with Crippen molar-refractivity contribution in [1.82, 2.24) is 14.3 Å². The van der Waals surface area contributed by atoms with Crippen molar-refractivity contribution < 1.29 is 35.9 Å². The third kappa shape index (κ3) is 9.89. The molecule has 0 aliphatic rings. The van der Waals surface area contributed by atoms with Gasteiger partial charge in [0.25, 0.3) is 0 Å². The lowest BCUT2D eigenvalue weighted by Crippen LogP contribution is -2.37. The number of nitrogens with one attached hydrogen (secondary N) is 1. The first-order valence-electron chi connectivity index (χ1n) is 16.9. The lowest BCUT2D eigenvalue weighted by molar-refractivity contribution is -0.137. The number of sulfonamides is 1. The van der Waals surface area contributed by atoms with Gasteiger partial charge in [-0.3, -0.25) is 0 Å². The SMILES string of the molecule is CC(C)(C)OC(=O)OC(CCCc1cn(C(c2ccccc2)(c2ccccc2)c2ccccc2)cn1)CS(=O)(=O)NCc1ccc(C(F)(F)F)cc1. The van der Waals surface area contributed by atoms with Gasteiger partial charge in [0.1, 0.15) is 23.0 Å². The average Bonchev–Trinajstić information content (AvgIpc) is 3.57. The lowest BCUT2D eigenvalue weighted by Gasteiger charge is -2.37. The quantitative estimate of drug-likeness (QED) is 0.0908. The van der Waals surface area contributed by atoms with Crippen LogP contribution in [-0.2, 0) is 44.2 Å². The second-order valence-corrected chi connectivity index (χ2v) is 15.3. The Labute approximate surface area is 302 Å². The topological polar surface area (TPSA) is 99.5 Å². The molecule has 0 bridgehead atoms. The molecule has 0 fully saturated rings. The summed E-state index contributed by atoms with van der Waals surface area (Å²) in [5.41, 5.74) is 1.77. The fourth-order valence-electron chi connectivity index (χ4n) is 6.07. The molecule has 0 saturated heterocycles. The van der Waals surface area contributed by atoms with Crippen molar-refractivity contribution in [3.63, 3.8) is 0 Å². The van der Waals surface area contributed by atoms with E-state index in [1.165, 1.54) is 12.1 Å². The molecule has 5 aromatic rings. The van der Waals surface area contributed by atoms with Crippen molar-refractivity contribution in [2.45, 2.75) is 70.0 Å². The highest BCUT2D eigenvalue weighted by Gasteiger charge is 2.38. The number of alkyl halides is 3. The number of aromatic nitrogens is 2. The van der Waals surface area contributed by atoms with E-state index in [-0.39, 0.29) is 13.0 Å². The predicted molar refractivity (Wildman–Crippen MR) is 193 cm³/mol. The molecule has 0 saturated carbocycles. The lowest BCUT2D eigenvalue weighted by atomic mass is 9.77. The van der Waals surface area contributed by atoms with E-state index in [0.29, 0.717) is 18.4 Å². The zero-order valence-corrected chi connectivity index (χ0v) is 30.0. The molecular formula is C40H42F3N3O5S. The number of hydrogen-bond donors (Lipinski definition) is 1. The number of benzene rings is 4. The second kappa shape index (κ2) is 16.2. The number of rotatable bonds is 14. The van der Waals surface area contributed by atoms with Gasteiger partial charge < -0.3 is 14.0 Å². The predicted octanol–water partition coefficient (Wildman–Crippen LogP) is 8.50. The van der Waals surface area contributed by atoms with Crippen LogP contribution in [0.5, 0.6) is 0 Å². The zero-order valence-electron chi connectivity index (χ0n) is 29.2. The number of aryl methyl sites for hydroxylation is 1. The van der Waals surface area contributed by atoms with E-state index >= 15 is 0 Å². The van der Waals surface area contributed by atoms with E-state index in [0.717, 1.165) is 34.5 Å². The molecule has 0 spiro atoms. The van der Waals surface area contributed by atoms with E-state index in [9.17, 15) is 26.4 Å². The Bertz CT molecular complexity index is 1900. The van der Waals surface area contributed by atoms with Crippen LogP contribution in [0.3, 0.4) is 0 Å². The van der Waals surface area contributed by atoms with Crippen LogP contribution < -0.4 is 4.72 Å². The molecule has 52 heavy (non-hydrogen) atoms. The Hall–Kier alpha value is -4.94. The Morgan fingerprint density at radius 2 is 1.31 bits per heavy atom. The van der Waals surface area contributed by atoms with E-state index in [2.05, 4.69) is 45.7 Å². The minimum atomic E-state index is -4.50. The van der Waals surface area contributed by atoms with Gasteiger partial charge in [-0.05, 0) is 74.4 Å². The number of carbonyl (C=O) groups is 1. The molecule has 0 aliphatic carbocycles. The van der Waals surface area contributed by atoms with Crippen molar-refractivity contribution >= 4 is 16.2 Å². The second-order valence-electron chi connectivity index (χ2n) is 13.5. The van der Waals surface area contributed by atoms with Gasteiger partial charge in [-0.2, -0.15) is 13.2 Å². The number of ether oxygens (including phenoxy) is 2. The monoisotopic (exact) mass is 733 g/mol. The van der Waals surface area contributed by atoms with Gasteiger partial charge in [0.05, 0.1) is 17.6 Å². The largest absolute Gasteiger partial charge is 0.509 e. The number of halogens is 3. The molecule has 4 aromatic carbocycles. The van der Waals surface area contributed by atoms with Gasteiger partial charge in [0.2, 0.25) is 10.0 Å². The van der Waals surface area contributed by atoms with Gasteiger partial charge in [-0.1, -0.05) is 103 Å². The Balaban J connectivity index is 1.34. The summed E-state index contributed by atoms with van der Waals surface area (Å²) in [6.45, 7) is 4.77. The normalized spacial score (nSPS) is 13.0. The van der Waals surface area contributed by atoms with Crippen LogP contribution in [0.15, 0.2) is 128 Å².